The normalized spacial score (nSPS) is 12.2. The summed E-state index contributed by atoms with van der Waals surface area (Å²) in [6.45, 7) is 0. The van der Waals surface area contributed by atoms with Crippen molar-refractivity contribution < 1.29 is 26.3 Å². The molecule has 0 aliphatic heterocycles. The van der Waals surface area contributed by atoms with Crippen LogP contribution in [0.4, 0.5) is 13.2 Å². The number of hydrogen-bond donors (Lipinski definition) is 0. The smallest absolute Gasteiger partial charge is 0.453 e. The van der Waals surface area contributed by atoms with Gasteiger partial charge < -0.3 is 4.74 Å². The van der Waals surface area contributed by atoms with Gasteiger partial charge in [0.25, 0.3) is 11.8 Å². The second-order valence-electron chi connectivity index (χ2n) is 5.39. The Morgan fingerprint density at radius 2 is 1.67 bits per heavy atom. The summed E-state index contributed by atoms with van der Waals surface area (Å²) < 4.78 is 68.0. The summed E-state index contributed by atoms with van der Waals surface area (Å²) in [5.41, 5.74) is 0.314. The third-order valence-electron chi connectivity index (χ3n) is 3.44. The SMILES string of the molecule is COc1ccc(-c2nc(C(F)(F)F)nn2-c2ncc(S(C)(=O)=O)cn2)cc1. The number of sulfone groups is 1. The van der Waals surface area contributed by atoms with Crippen molar-refractivity contribution >= 4 is 9.84 Å². The first-order valence-corrected chi connectivity index (χ1v) is 9.20. The van der Waals surface area contributed by atoms with Crippen LogP contribution < -0.4 is 4.74 Å². The van der Waals surface area contributed by atoms with Crippen molar-refractivity contribution in [1.82, 2.24) is 24.7 Å². The van der Waals surface area contributed by atoms with Crippen LogP contribution >= 0.6 is 0 Å². The van der Waals surface area contributed by atoms with Crippen LogP contribution in [0.25, 0.3) is 17.3 Å². The number of alkyl halides is 3. The molecule has 0 atom stereocenters. The quantitative estimate of drug-likeness (QED) is 0.663. The van der Waals surface area contributed by atoms with E-state index >= 15 is 0 Å². The van der Waals surface area contributed by atoms with E-state index in [1.807, 2.05) is 0 Å². The third kappa shape index (κ3) is 3.89. The molecule has 142 valence electrons. The number of methoxy groups -OCH3 is 1. The summed E-state index contributed by atoms with van der Waals surface area (Å²) in [6.07, 6.45) is -1.83. The minimum absolute atomic E-state index is 0.155. The number of rotatable bonds is 4. The molecule has 0 aliphatic rings. The molecule has 0 unspecified atom stereocenters. The molecule has 0 saturated heterocycles. The Kier molecular flexibility index (Phi) is 4.59. The Hall–Kier alpha value is -3.02. The molecule has 27 heavy (non-hydrogen) atoms. The monoisotopic (exact) mass is 399 g/mol. The zero-order valence-corrected chi connectivity index (χ0v) is 14.8. The fourth-order valence-corrected chi connectivity index (χ4v) is 2.60. The van der Waals surface area contributed by atoms with E-state index < -0.39 is 21.8 Å². The molecular formula is C15H12F3N5O3S. The molecule has 0 spiro atoms. The Labute approximate surface area is 151 Å². The van der Waals surface area contributed by atoms with E-state index in [0.717, 1.165) is 23.3 Å². The molecule has 3 rings (SSSR count). The van der Waals surface area contributed by atoms with E-state index in [1.165, 1.54) is 19.2 Å². The summed E-state index contributed by atoms with van der Waals surface area (Å²) in [4.78, 5) is 11.0. The molecule has 0 fully saturated rings. The van der Waals surface area contributed by atoms with E-state index in [-0.39, 0.29) is 16.7 Å². The van der Waals surface area contributed by atoms with E-state index in [4.69, 9.17) is 4.74 Å². The predicted octanol–water partition coefficient (Wildman–Crippen LogP) is 2.16. The molecule has 0 radical (unpaired) electrons. The van der Waals surface area contributed by atoms with Gasteiger partial charge in [-0.3, -0.25) is 0 Å². The van der Waals surface area contributed by atoms with Gasteiger partial charge in [0.1, 0.15) is 10.6 Å². The first-order chi connectivity index (χ1) is 12.6. The minimum atomic E-state index is -4.78. The molecule has 0 saturated carbocycles. The molecule has 12 heteroatoms. The van der Waals surface area contributed by atoms with Gasteiger partial charge in [-0.2, -0.15) is 17.9 Å². The van der Waals surface area contributed by atoms with Crippen molar-refractivity contribution in [3.05, 3.63) is 42.5 Å². The van der Waals surface area contributed by atoms with E-state index in [1.54, 1.807) is 12.1 Å². The van der Waals surface area contributed by atoms with Crippen molar-refractivity contribution in [3.63, 3.8) is 0 Å². The lowest BCUT2D eigenvalue weighted by Crippen LogP contribution is -2.10. The average Bonchev–Trinajstić information content (AvgIpc) is 3.07. The second-order valence-corrected chi connectivity index (χ2v) is 7.40. The highest BCUT2D eigenvalue weighted by Gasteiger charge is 2.37. The topological polar surface area (TPSA) is 99.9 Å². The van der Waals surface area contributed by atoms with Gasteiger partial charge in [-0.15, -0.1) is 5.10 Å². The van der Waals surface area contributed by atoms with E-state index in [0.29, 0.717) is 11.3 Å². The Morgan fingerprint density at radius 1 is 1.07 bits per heavy atom. The van der Waals surface area contributed by atoms with Crippen molar-refractivity contribution in [1.29, 1.82) is 0 Å². The lowest BCUT2D eigenvalue weighted by Gasteiger charge is -2.06. The standard InChI is InChI=1S/C15H12F3N5O3S/c1-26-10-5-3-9(4-6-10)12-21-13(15(16,17)18)22-23(12)14-19-7-11(8-20-14)27(2,24)25/h3-8H,1-2H3. The number of ether oxygens (including phenoxy) is 1. The van der Waals surface area contributed by atoms with Crippen LogP contribution in [0.15, 0.2) is 41.6 Å². The molecule has 8 nitrogen and oxygen atoms in total. The van der Waals surface area contributed by atoms with Crippen molar-refractivity contribution in [2.75, 3.05) is 13.4 Å². The largest absolute Gasteiger partial charge is 0.497 e. The first kappa shape index (κ1) is 18.8. The van der Waals surface area contributed by atoms with Gasteiger partial charge in [-0.25, -0.2) is 23.4 Å². The van der Waals surface area contributed by atoms with Gasteiger partial charge in [-0.1, -0.05) is 0 Å². The molecule has 3 aromatic rings. The maximum atomic E-state index is 13.1. The average molecular weight is 399 g/mol. The van der Waals surface area contributed by atoms with Gasteiger partial charge in [0.05, 0.1) is 19.5 Å². The Bertz CT molecular complexity index is 1060. The fourth-order valence-electron chi connectivity index (χ4n) is 2.11. The number of hydrogen-bond acceptors (Lipinski definition) is 7. The fraction of sp³-hybridized carbons (Fsp3) is 0.200. The summed E-state index contributed by atoms with van der Waals surface area (Å²) >= 11 is 0. The van der Waals surface area contributed by atoms with Crippen molar-refractivity contribution in [2.45, 2.75) is 11.1 Å². The van der Waals surface area contributed by atoms with Crippen molar-refractivity contribution in [2.24, 2.45) is 0 Å². The lowest BCUT2D eigenvalue weighted by molar-refractivity contribution is -0.144. The number of aromatic nitrogens is 5. The van der Waals surface area contributed by atoms with Crippen LogP contribution in [-0.4, -0.2) is 46.5 Å². The molecular weight excluding hydrogens is 387 g/mol. The van der Waals surface area contributed by atoms with Gasteiger partial charge >= 0.3 is 6.18 Å². The minimum Gasteiger partial charge on any atom is -0.497 e. The molecule has 2 aromatic heterocycles. The van der Waals surface area contributed by atoms with Crippen molar-refractivity contribution in [3.8, 4) is 23.1 Å². The van der Waals surface area contributed by atoms with Crippen LogP contribution in [0.2, 0.25) is 0 Å². The lowest BCUT2D eigenvalue weighted by atomic mass is 10.2. The van der Waals surface area contributed by atoms with Gasteiger partial charge in [0.2, 0.25) is 0 Å². The highest BCUT2D eigenvalue weighted by Crippen LogP contribution is 2.30. The van der Waals surface area contributed by atoms with Crippen LogP contribution in [0.1, 0.15) is 5.82 Å². The van der Waals surface area contributed by atoms with E-state index in [2.05, 4.69) is 20.1 Å². The maximum Gasteiger partial charge on any atom is 0.453 e. The van der Waals surface area contributed by atoms with Crippen LogP contribution in [0.5, 0.6) is 5.75 Å². The maximum absolute atomic E-state index is 13.1. The molecule has 2 heterocycles. The first-order valence-electron chi connectivity index (χ1n) is 7.31. The van der Waals surface area contributed by atoms with Gasteiger partial charge in [0.15, 0.2) is 15.7 Å². The van der Waals surface area contributed by atoms with E-state index in [9.17, 15) is 21.6 Å². The van der Waals surface area contributed by atoms with Crippen LogP contribution in [0, 0.1) is 0 Å². The van der Waals surface area contributed by atoms with Gasteiger partial charge in [0, 0.05) is 11.8 Å². The predicted molar refractivity (Wildman–Crippen MR) is 87.0 cm³/mol. The molecule has 0 amide bonds. The summed E-state index contributed by atoms with van der Waals surface area (Å²) in [6, 6.07) is 6.11. The highest BCUT2D eigenvalue weighted by atomic mass is 32.2. The number of benzene rings is 1. The summed E-state index contributed by atoms with van der Waals surface area (Å²) in [5, 5.41) is 3.44. The summed E-state index contributed by atoms with van der Waals surface area (Å²) in [5.74, 6) is -1.27. The third-order valence-corrected chi connectivity index (χ3v) is 4.51. The van der Waals surface area contributed by atoms with Crippen LogP contribution in [0.3, 0.4) is 0 Å². The Balaban J connectivity index is 2.14. The number of nitrogens with zero attached hydrogens (tertiary/aromatic N) is 5. The van der Waals surface area contributed by atoms with Crippen LogP contribution in [-0.2, 0) is 16.0 Å². The Morgan fingerprint density at radius 3 is 2.15 bits per heavy atom. The molecule has 0 N–H and O–H groups in total. The zero-order valence-electron chi connectivity index (χ0n) is 14.0. The highest BCUT2D eigenvalue weighted by molar-refractivity contribution is 7.90. The molecule has 1 aromatic carbocycles. The summed E-state index contributed by atoms with van der Waals surface area (Å²) in [7, 11) is -2.10. The zero-order chi connectivity index (χ0) is 19.8. The molecule has 0 aliphatic carbocycles. The second kappa shape index (κ2) is 6.61. The molecule has 0 bridgehead atoms. The number of halogens is 3. The van der Waals surface area contributed by atoms with Gasteiger partial charge in [-0.05, 0) is 24.3 Å².